The number of rotatable bonds is 9. The maximum absolute atomic E-state index is 13.6. The molecule has 1 unspecified atom stereocenters. The van der Waals surface area contributed by atoms with Crippen LogP contribution in [0.25, 0.3) is 10.8 Å². The smallest absolute Gasteiger partial charge is 0.348 e. The van der Waals surface area contributed by atoms with Crippen LogP contribution in [0.1, 0.15) is 18.9 Å². The second-order valence-electron chi connectivity index (χ2n) is 7.06. The SMILES string of the molecule is CCN(SC(F)(Cl)Cl)S(=O)(=O)OCC(=O)N(c1c(C)ccc2ccccc12)C1CCOC1=O. The number of fused-ring (bicyclic) bond motifs is 1. The van der Waals surface area contributed by atoms with E-state index >= 15 is 0 Å². The van der Waals surface area contributed by atoms with Gasteiger partial charge in [-0.2, -0.15) is 12.8 Å². The van der Waals surface area contributed by atoms with Gasteiger partial charge in [0.2, 0.25) is 0 Å². The van der Waals surface area contributed by atoms with Gasteiger partial charge in [-0.15, -0.1) is 3.71 Å². The molecule has 180 valence electrons. The van der Waals surface area contributed by atoms with Crippen LogP contribution in [0.4, 0.5) is 10.1 Å². The summed E-state index contributed by atoms with van der Waals surface area (Å²) in [7, 11) is -4.58. The molecule has 0 radical (unpaired) electrons. The van der Waals surface area contributed by atoms with Gasteiger partial charge in [0.1, 0.15) is 12.6 Å². The van der Waals surface area contributed by atoms with E-state index in [4.69, 9.17) is 32.1 Å². The lowest BCUT2D eigenvalue weighted by Crippen LogP contribution is -2.46. The molecule has 1 fully saturated rings. The zero-order valence-electron chi connectivity index (χ0n) is 17.7. The van der Waals surface area contributed by atoms with Crippen molar-refractivity contribution in [1.29, 1.82) is 0 Å². The maximum atomic E-state index is 13.6. The Balaban J connectivity index is 1.95. The lowest BCUT2D eigenvalue weighted by atomic mass is 10.0. The van der Waals surface area contributed by atoms with Crippen LogP contribution in [0.3, 0.4) is 0 Å². The Bertz CT molecular complexity index is 1160. The molecule has 8 nitrogen and oxygen atoms in total. The minimum atomic E-state index is -4.58. The van der Waals surface area contributed by atoms with Gasteiger partial charge in [-0.3, -0.25) is 9.69 Å². The number of esters is 1. The van der Waals surface area contributed by atoms with E-state index in [2.05, 4.69) is 0 Å². The van der Waals surface area contributed by atoms with Gasteiger partial charge < -0.3 is 4.74 Å². The van der Waals surface area contributed by atoms with Crippen LogP contribution in [-0.4, -0.2) is 53.7 Å². The minimum absolute atomic E-state index is 0.0192. The van der Waals surface area contributed by atoms with E-state index < -0.39 is 38.7 Å². The van der Waals surface area contributed by atoms with E-state index in [-0.39, 0.29) is 31.5 Å². The molecular weight excluding hydrogens is 518 g/mol. The Labute approximate surface area is 205 Å². The summed E-state index contributed by atoms with van der Waals surface area (Å²) >= 11 is 10.5. The van der Waals surface area contributed by atoms with E-state index in [0.29, 0.717) is 20.3 Å². The summed E-state index contributed by atoms with van der Waals surface area (Å²) in [4.78, 5) is 26.9. The number of hydrogen-bond donors (Lipinski definition) is 0. The van der Waals surface area contributed by atoms with Crippen LogP contribution >= 0.6 is 35.1 Å². The Morgan fingerprint density at radius 3 is 2.61 bits per heavy atom. The number of carbonyl (C=O) groups excluding carboxylic acids is 2. The standard InChI is InChI=1S/C20H21Cl2FN2O6S2/c1-3-24(32-20(21,22)23)33(28,29)31-12-17(26)25(16-10-11-30-19(16)27)18-13(2)8-9-14-6-4-5-7-15(14)18/h4-9,16H,3,10-12H2,1-2H3. The molecule has 0 bridgehead atoms. The lowest BCUT2D eigenvalue weighted by Gasteiger charge is -2.29. The number of alkyl halides is 3. The number of hydrogen-bond acceptors (Lipinski definition) is 7. The summed E-state index contributed by atoms with van der Waals surface area (Å²) in [5.41, 5.74) is 1.15. The first-order valence-electron chi connectivity index (χ1n) is 9.84. The van der Waals surface area contributed by atoms with E-state index in [1.54, 1.807) is 25.1 Å². The molecule has 1 aliphatic heterocycles. The molecule has 1 atom stereocenters. The summed E-state index contributed by atoms with van der Waals surface area (Å²) in [5.74, 6) is -1.39. The van der Waals surface area contributed by atoms with Gasteiger partial charge in [-0.05, 0) is 17.9 Å². The van der Waals surface area contributed by atoms with Gasteiger partial charge in [0.15, 0.2) is 0 Å². The predicted octanol–water partition coefficient (Wildman–Crippen LogP) is 4.09. The predicted molar refractivity (Wildman–Crippen MR) is 126 cm³/mol. The number of cyclic esters (lactones) is 1. The van der Waals surface area contributed by atoms with Crippen molar-refractivity contribution in [2.24, 2.45) is 0 Å². The number of anilines is 1. The number of benzene rings is 2. The Morgan fingerprint density at radius 1 is 1.30 bits per heavy atom. The fourth-order valence-corrected chi connectivity index (χ4v) is 6.09. The summed E-state index contributed by atoms with van der Waals surface area (Å²) in [6.07, 6.45) is 0.236. The van der Waals surface area contributed by atoms with E-state index in [9.17, 15) is 22.4 Å². The second-order valence-corrected chi connectivity index (χ2v) is 11.7. The number of aryl methyl sites for hydroxylation is 1. The molecule has 2 aromatic rings. The Hall–Kier alpha value is -1.63. The van der Waals surface area contributed by atoms with E-state index in [0.717, 1.165) is 5.39 Å². The molecule has 3 rings (SSSR count). The van der Waals surface area contributed by atoms with Gasteiger partial charge in [0.05, 0.1) is 12.3 Å². The first-order valence-corrected chi connectivity index (χ1v) is 12.7. The van der Waals surface area contributed by atoms with Crippen molar-refractivity contribution in [3.8, 4) is 0 Å². The highest BCUT2D eigenvalue weighted by Crippen LogP contribution is 2.40. The maximum Gasteiger partial charge on any atom is 0.348 e. The Kier molecular flexibility index (Phi) is 8.13. The first kappa shape index (κ1) is 26.0. The Morgan fingerprint density at radius 2 is 2.00 bits per heavy atom. The molecule has 2 aromatic carbocycles. The van der Waals surface area contributed by atoms with Crippen molar-refractivity contribution in [3.63, 3.8) is 0 Å². The molecule has 0 N–H and O–H groups in total. The van der Waals surface area contributed by atoms with Crippen LogP contribution in [-0.2, 0) is 28.8 Å². The first-order chi connectivity index (χ1) is 15.4. The average Bonchev–Trinajstić information content (AvgIpc) is 3.17. The van der Waals surface area contributed by atoms with Gasteiger partial charge >= 0.3 is 20.2 Å². The molecule has 1 amide bonds. The molecule has 1 saturated heterocycles. The van der Waals surface area contributed by atoms with Crippen LogP contribution in [0.5, 0.6) is 0 Å². The molecular formula is C20H21Cl2FN2O6S2. The van der Waals surface area contributed by atoms with Crippen LogP contribution in [0.2, 0.25) is 0 Å². The number of nitrogens with zero attached hydrogens (tertiary/aromatic N) is 2. The average molecular weight is 539 g/mol. The zero-order chi connectivity index (χ0) is 24.4. The lowest BCUT2D eigenvalue weighted by molar-refractivity contribution is -0.140. The van der Waals surface area contributed by atoms with Crippen molar-refractivity contribution in [2.75, 3.05) is 24.7 Å². The summed E-state index contributed by atoms with van der Waals surface area (Å²) in [6.45, 7) is 2.15. The largest absolute Gasteiger partial charge is 0.464 e. The fourth-order valence-electron chi connectivity index (χ4n) is 3.49. The highest BCUT2D eigenvalue weighted by atomic mass is 35.5. The molecule has 33 heavy (non-hydrogen) atoms. The third-order valence-corrected chi connectivity index (χ3v) is 7.90. The minimum Gasteiger partial charge on any atom is -0.464 e. The molecule has 0 spiro atoms. The van der Waals surface area contributed by atoms with Crippen molar-refractivity contribution in [1.82, 2.24) is 3.71 Å². The van der Waals surface area contributed by atoms with Crippen molar-refractivity contribution < 1.29 is 31.3 Å². The van der Waals surface area contributed by atoms with Crippen LogP contribution < -0.4 is 4.90 Å². The van der Waals surface area contributed by atoms with Crippen LogP contribution in [0.15, 0.2) is 36.4 Å². The highest BCUT2D eigenvalue weighted by Gasteiger charge is 2.39. The second kappa shape index (κ2) is 10.3. The quantitative estimate of drug-likeness (QED) is 0.269. The third-order valence-electron chi connectivity index (χ3n) is 4.88. The molecule has 0 saturated carbocycles. The topological polar surface area (TPSA) is 93.2 Å². The molecule has 0 aromatic heterocycles. The monoisotopic (exact) mass is 538 g/mol. The van der Waals surface area contributed by atoms with Gasteiger partial charge in [0, 0.05) is 30.3 Å². The van der Waals surface area contributed by atoms with E-state index in [1.807, 2.05) is 18.2 Å². The zero-order valence-corrected chi connectivity index (χ0v) is 20.8. The molecule has 1 heterocycles. The van der Waals surface area contributed by atoms with Crippen molar-refractivity contribution in [2.45, 2.75) is 30.2 Å². The summed E-state index contributed by atoms with van der Waals surface area (Å²) < 4.78 is 46.1. The third kappa shape index (κ3) is 6.09. The normalized spacial score (nSPS) is 16.9. The molecule has 0 aliphatic carbocycles. The molecule has 13 heteroatoms. The molecule has 1 aliphatic rings. The van der Waals surface area contributed by atoms with Crippen molar-refractivity contribution >= 4 is 73.8 Å². The fraction of sp³-hybridized carbons (Fsp3) is 0.400. The summed E-state index contributed by atoms with van der Waals surface area (Å²) in [6, 6.07) is 10.0. The van der Waals surface area contributed by atoms with Crippen LogP contribution in [0, 0.1) is 6.92 Å². The van der Waals surface area contributed by atoms with Crippen molar-refractivity contribution in [3.05, 3.63) is 42.0 Å². The highest BCUT2D eigenvalue weighted by molar-refractivity contribution is 8.09. The van der Waals surface area contributed by atoms with Gasteiger partial charge in [-0.25, -0.2) is 8.98 Å². The summed E-state index contributed by atoms with van der Waals surface area (Å²) in [5, 5.41) is 1.53. The number of carbonyl (C=O) groups is 2. The number of halogens is 3. The number of amides is 1. The number of ether oxygens (including phenoxy) is 1. The van der Waals surface area contributed by atoms with Gasteiger partial charge in [0.25, 0.3) is 5.91 Å². The van der Waals surface area contributed by atoms with E-state index in [1.165, 1.54) is 11.8 Å². The van der Waals surface area contributed by atoms with Gasteiger partial charge in [-0.1, -0.05) is 66.5 Å².